The molecule has 1 aromatic rings. The van der Waals surface area contributed by atoms with Crippen LogP contribution in [0, 0.1) is 5.82 Å². The number of amides is 1. The van der Waals surface area contributed by atoms with Gasteiger partial charge >= 0.3 is 0 Å². The lowest BCUT2D eigenvalue weighted by molar-refractivity contribution is -0.117. The van der Waals surface area contributed by atoms with E-state index in [2.05, 4.69) is 10.6 Å². The van der Waals surface area contributed by atoms with Crippen molar-refractivity contribution in [3.63, 3.8) is 0 Å². The summed E-state index contributed by atoms with van der Waals surface area (Å²) in [6, 6.07) is 5.95. The summed E-state index contributed by atoms with van der Waals surface area (Å²) >= 11 is 1.66. The minimum Gasteiger partial charge on any atom is -0.322 e. The molecule has 3 nitrogen and oxygen atoms in total. The van der Waals surface area contributed by atoms with Crippen molar-refractivity contribution in [2.24, 2.45) is 0 Å². The Hall–Kier alpha value is -1.07. The molecule has 1 aromatic carbocycles. The van der Waals surface area contributed by atoms with Crippen LogP contribution >= 0.6 is 11.8 Å². The predicted molar refractivity (Wildman–Crippen MR) is 59.3 cm³/mol. The number of halogens is 1. The van der Waals surface area contributed by atoms with Gasteiger partial charge in [0, 0.05) is 11.6 Å². The van der Waals surface area contributed by atoms with Crippen molar-refractivity contribution in [3.05, 3.63) is 30.1 Å². The van der Waals surface area contributed by atoms with Gasteiger partial charge in [-0.15, -0.1) is 11.8 Å². The molecular formula is C10H11FN2OS. The maximum atomic E-state index is 13.2. The van der Waals surface area contributed by atoms with Crippen LogP contribution in [0.3, 0.4) is 0 Å². The highest BCUT2D eigenvalue weighted by Gasteiger charge is 2.22. The van der Waals surface area contributed by atoms with Crippen LogP contribution in [0.4, 0.5) is 10.1 Å². The minimum absolute atomic E-state index is 0.176. The zero-order valence-corrected chi connectivity index (χ0v) is 8.81. The monoisotopic (exact) mass is 226 g/mol. The number of rotatable bonds is 2. The van der Waals surface area contributed by atoms with Gasteiger partial charge in [0.2, 0.25) is 5.91 Å². The molecular weight excluding hydrogens is 215 g/mol. The second-order valence-corrected chi connectivity index (χ2v) is 4.27. The molecule has 1 heterocycles. The molecule has 0 spiro atoms. The smallest absolute Gasteiger partial charge is 0.242 e. The van der Waals surface area contributed by atoms with E-state index in [1.54, 1.807) is 30.0 Å². The van der Waals surface area contributed by atoms with Crippen molar-refractivity contribution < 1.29 is 9.18 Å². The van der Waals surface area contributed by atoms with E-state index in [0.717, 1.165) is 11.6 Å². The summed E-state index contributed by atoms with van der Waals surface area (Å²) in [5.41, 5.74) is 0.237. The summed E-state index contributed by atoms with van der Waals surface area (Å²) in [5, 5.41) is 5.59. The average Bonchev–Trinajstić information content (AvgIpc) is 2.74. The van der Waals surface area contributed by atoms with E-state index in [0.29, 0.717) is 0 Å². The zero-order chi connectivity index (χ0) is 10.7. The summed E-state index contributed by atoms with van der Waals surface area (Å²) in [7, 11) is 0. The van der Waals surface area contributed by atoms with Gasteiger partial charge in [-0.25, -0.2) is 4.39 Å². The molecule has 1 aliphatic rings. The van der Waals surface area contributed by atoms with E-state index in [1.165, 1.54) is 6.07 Å². The van der Waals surface area contributed by atoms with Crippen LogP contribution in [0.2, 0.25) is 0 Å². The summed E-state index contributed by atoms with van der Waals surface area (Å²) in [6.07, 6.45) is 0. The number of hydrogen-bond donors (Lipinski definition) is 2. The maximum absolute atomic E-state index is 13.2. The zero-order valence-electron chi connectivity index (χ0n) is 8.00. The molecule has 0 saturated carbocycles. The number of hydrogen-bond acceptors (Lipinski definition) is 3. The van der Waals surface area contributed by atoms with Gasteiger partial charge in [-0.1, -0.05) is 12.1 Å². The number of thioether (sulfide) groups is 1. The van der Waals surface area contributed by atoms with E-state index in [4.69, 9.17) is 0 Å². The minimum atomic E-state index is -0.406. The molecule has 5 heteroatoms. The Morgan fingerprint density at radius 1 is 1.53 bits per heavy atom. The van der Waals surface area contributed by atoms with Crippen LogP contribution in [0.5, 0.6) is 0 Å². The van der Waals surface area contributed by atoms with E-state index < -0.39 is 5.82 Å². The quantitative estimate of drug-likeness (QED) is 0.801. The van der Waals surface area contributed by atoms with Crippen molar-refractivity contribution in [3.8, 4) is 0 Å². The molecule has 0 radical (unpaired) electrons. The standard InChI is InChI=1S/C10H11FN2OS/c11-7-3-1-2-4-8(7)13-10(14)9-5-15-6-12-9/h1-4,9,12H,5-6H2,(H,13,14). The molecule has 1 saturated heterocycles. The number of nitrogens with one attached hydrogen (secondary N) is 2. The van der Waals surface area contributed by atoms with Crippen LogP contribution in [0.25, 0.3) is 0 Å². The van der Waals surface area contributed by atoms with Gasteiger partial charge in [0.15, 0.2) is 0 Å². The molecule has 0 bridgehead atoms. The highest BCUT2D eigenvalue weighted by Crippen LogP contribution is 2.15. The Bertz CT molecular complexity index is 366. The Kier molecular flexibility index (Phi) is 3.23. The van der Waals surface area contributed by atoms with Crippen LogP contribution in [-0.2, 0) is 4.79 Å². The molecule has 0 aliphatic carbocycles. The third kappa shape index (κ3) is 2.49. The molecule has 0 aromatic heterocycles. The largest absolute Gasteiger partial charge is 0.322 e. The van der Waals surface area contributed by atoms with E-state index >= 15 is 0 Å². The SMILES string of the molecule is O=C(Nc1ccccc1F)C1CSCN1. The van der Waals surface area contributed by atoms with Crippen LogP contribution in [-0.4, -0.2) is 23.6 Å². The van der Waals surface area contributed by atoms with E-state index in [9.17, 15) is 9.18 Å². The van der Waals surface area contributed by atoms with Crippen molar-refractivity contribution in [2.75, 3.05) is 16.9 Å². The Balaban J connectivity index is 2.02. The number of anilines is 1. The Labute approximate surface area is 91.4 Å². The average molecular weight is 226 g/mol. The fourth-order valence-electron chi connectivity index (χ4n) is 1.35. The third-order valence-electron chi connectivity index (χ3n) is 2.16. The number of carbonyl (C=O) groups excluding carboxylic acids is 1. The van der Waals surface area contributed by atoms with E-state index in [1.807, 2.05) is 0 Å². The van der Waals surface area contributed by atoms with Crippen molar-refractivity contribution >= 4 is 23.4 Å². The van der Waals surface area contributed by atoms with Crippen LogP contribution in [0.1, 0.15) is 0 Å². The number of para-hydroxylation sites is 1. The van der Waals surface area contributed by atoms with Gasteiger partial charge in [0.05, 0.1) is 11.7 Å². The molecule has 1 atom stereocenters. The van der Waals surface area contributed by atoms with Gasteiger partial charge < -0.3 is 5.32 Å². The summed E-state index contributed by atoms with van der Waals surface area (Å²) < 4.78 is 13.2. The fraction of sp³-hybridized carbons (Fsp3) is 0.300. The molecule has 2 rings (SSSR count). The highest BCUT2D eigenvalue weighted by atomic mass is 32.2. The first kappa shape index (κ1) is 10.4. The Morgan fingerprint density at radius 3 is 3.00 bits per heavy atom. The molecule has 1 amide bonds. The molecule has 80 valence electrons. The lowest BCUT2D eigenvalue weighted by Crippen LogP contribution is -2.37. The molecule has 1 aliphatic heterocycles. The van der Waals surface area contributed by atoms with Crippen molar-refractivity contribution in [2.45, 2.75) is 6.04 Å². The molecule has 1 unspecified atom stereocenters. The molecule has 1 fully saturated rings. The predicted octanol–water partition coefficient (Wildman–Crippen LogP) is 1.43. The lowest BCUT2D eigenvalue weighted by atomic mass is 10.2. The molecule has 2 N–H and O–H groups in total. The lowest BCUT2D eigenvalue weighted by Gasteiger charge is -2.10. The first-order valence-corrected chi connectivity index (χ1v) is 5.79. The first-order valence-electron chi connectivity index (χ1n) is 4.64. The number of carbonyl (C=O) groups is 1. The van der Waals surface area contributed by atoms with Gasteiger partial charge in [-0.2, -0.15) is 0 Å². The summed E-state index contributed by atoms with van der Waals surface area (Å²) in [4.78, 5) is 11.6. The summed E-state index contributed by atoms with van der Waals surface area (Å²) in [6.45, 7) is 0. The maximum Gasteiger partial charge on any atom is 0.242 e. The van der Waals surface area contributed by atoms with Crippen LogP contribution in [0.15, 0.2) is 24.3 Å². The first-order chi connectivity index (χ1) is 7.27. The topological polar surface area (TPSA) is 41.1 Å². The second-order valence-electron chi connectivity index (χ2n) is 3.24. The third-order valence-corrected chi connectivity index (χ3v) is 3.10. The number of benzene rings is 1. The fourth-order valence-corrected chi connectivity index (χ4v) is 2.29. The van der Waals surface area contributed by atoms with Crippen molar-refractivity contribution in [1.29, 1.82) is 0 Å². The summed E-state index contributed by atoms with van der Waals surface area (Å²) in [5.74, 6) is 0.928. The normalized spacial score (nSPS) is 20.2. The molecule has 15 heavy (non-hydrogen) atoms. The second kappa shape index (κ2) is 4.63. The Morgan fingerprint density at radius 2 is 2.33 bits per heavy atom. The van der Waals surface area contributed by atoms with Gasteiger partial charge in [0.25, 0.3) is 0 Å². The van der Waals surface area contributed by atoms with Gasteiger partial charge in [-0.3, -0.25) is 10.1 Å². The van der Waals surface area contributed by atoms with Crippen LogP contribution < -0.4 is 10.6 Å². The van der Waals surface area contributed by atoms with Crippen molar-refractivity contribution in [1.82, 2.24) is 5.32 Å². The highest BCUT2D eigenvalue weighted by molar-refractivity contribution is 7.99. The van der Waals surface area contributed by atoms with E-state index in [-0.39, 0.29) is 17.6 Å². The van der Waals surface area contributed by atoms with Gasteiger partial charge in [0.1, 0.15) is 5.82 Å². The van der Waals surface area contributed by atoms with Gasteiger partial charge in [-0.05, 0) is 12.1 Å².